The fraction of sp³-hybridized carbons (Fsp3) is 0.235. The van der Waals surface area contributed by atoms with Gasteiger partial charge in [-0.15, -0.1) is 0 Å². The number of hydrogen-bond donors (Lipinski definition) is 1. The molecule has 0 saturated heterocycles. The Balaban J connectivity index is 1.83. The predicted molar refractivity (Wildman–Crippen MR) is 79.4 cm³/mol. The normalized spacial score (nSPS) is 9.90. The van der Waals surface area contributed by atoms with Crippen LogP contribution in [0.1, 0.15) is 11.1 Å². The van der Waals surface area contributed by atoms with E-state index in [0.29, 0.717) is 30.9 Å². The number of aliphatic hydroxyl groups is 1. The summed E-state index contributed by atoms with van der Waals surface area (Å²) in [5.74, 6) is 1.42. The molecule has 0 amide bonds. The highest BCUT2D eigenvalue weighted by molar-refractivity contribution is 5.36. The van der Waals surface area contributed by atoms with Gasteiger partial charge in [0.1, 0.15) is 24.7 Å². The number of ether oxygens (including phenoxy) is 2. The lowest BCUT2D eigenvalue weighted by molar-refractivity contribution is 0.214. The quantitative estimate of drug-likeness (QED) is 0.793. The topological polar surface area (TPSA) is 62.5 Å². The monoisotopic (exact) mass is 283 g/mol. The van der Waals surface area contributed by atoms with Crippen LogP contribution in [0, 0.1) is 11.3 Å². The van der Waals surface area contributed by atoms with Gasteiger partial charge in [0, 0.05) is 6.61 Å². The van der Waals surface area contributed by atoms with E-state index >= 15 is 0 Å². The minimum Gasteiger partial charge on any atom is -0.490 e. The second kappa shape index (κ2) is 7.93. The minimum atomic E-state index is 0.0951. The van der Waals surface area contributed by atoms with Crippen molar-refractivity contribution in [3.8, 4) is 17.6 Å². The molecule has 2 rings (SSSR count). The van der Waals surface area contributed by atoms with Gasteiger partial charge in [-0.1, -0.05) is 24.3 Å². The van der Waals surface area contributed by atoms with Crippen molar-refractivity contribution in [2.45, 2.75) is 6.42 Å². The number of para-hydroxylation sites is 1. The second-order valence-corrected chi connectivity index (χ2v) is 4.42. The second-order valence-electron chi connectivity index (χ2n) is 4.42. The molecule has 21 heavy (non-hydrogen) atoms. The highest BCUT2D eigenvalue weighted by atomic mass is 16.5. The average molecular weight is 283 g/mol. The van der Waals surface area contributed by atoms with Gasteiger partial charge in [0.05, 0.1) is 11.6 Å². The van der Waals surface area contributed by atoms with E-state index in [0.717, 1.165) is 11.3 Å². The summed E-state index contributed by atoms with van der Waals surface area (Å²) < 4.78 is 11.2. The Kier molecular flexibility index (Phi) is 5.62. The molecular weight excluding hydrogens is 266 g/mol. The predicted octanol–water partition coefficient (Wildman–Crippen LogP) is 2.55. The van der Waals surface area contributed by atoms with E-state index in [1.807, 2.05) is 24.3 Å². The molecule has 2 aromatic carbocycles. The highest BCUT2D eigenvalue weighted by Crippen LogP contribution is 2.18. The van der Waals surface area contributed by atoms with E-state index in [9.17, 15) is 0 Å². The van der Waals surface area contributed by atoms with Gasteiger partial charge < -0.3 is 14.6 Å². The number of nitrogens with zero attached hydrogens (tertiary/aromatic N) is 1. The van der Waals surface area contributed by atoms with Gasteiger partial charge >= 0.3 is 0 Å². The molecule has 0 radical (unpaired) electrons. The van der Waals surface area contributed by atoms with Crippen LogP contribution in [0.5, 0.6) is 11.5 Å². The van der Waals surface area contributed by atoms with Crippen LogP contribution in [0.3, 0.4) is 0 Å². The molecule has 1 N–H and O–H groups in total. The van der Waals surface area contributed by atoms with Crippen molar-refractivity contribution in [3.63, 3.8) is 0 Å². The third-order valence-electron chi connectivity index (χ3n) is 2.93. The number of benzene rings is 2. The molecule has 0 fully saturated rings. The van der Waals surface area contributed by atoms with Gasteiger partial charge in [-0.25, -0.2) is 0 Å². The van der Waals surface area contributed by atoms with Gasteiger partial charge in [-0.3, -0.25) is 0 Å². The molecule has 108 valence electrons. The number of rotatable bonds is 7. The van der Waals surface area contributed by atoms with Crippen molar-refractivity contribution in [1.82, 2.24) is 0 Å². The Hall–Kier alpha value is -2.51. The lowest BCUT2D eigenvalue weighted by Gasteiger charge is -2.11. The molecular formula is C17H17NO3. The Labute approximate surface area is 124 Å². The molecule has 0 saturated carbocycles. The number of aliphatic hydroxyl groups excluding tert-OH is 1. The van der Waals surface area contributed by atoms with Gasteiger partial charge in [0.2, 0.25) is 0 Å². The zero-order valence-electron chi connectivity index (χ0n) is 11.7. The summed E-state index contributed by atoms with van der Waals surface area (Å²) >= 11 is 0. The maximum absolute atomic E-state index is 9.01. The molecule has 0 aliphatic rings. The van der Waals surface area contributed by atoms with Crippen LogP contribution in [0.2, 0.25) is 0 Å². The van der Waals surface area contributed by atoms with Crippen LogP contribution in [-0.2, 0) is 6.42 Å². The van der Waals surface area contributed by atoms with E-state index in [-0.39, 0.29) is 6.61 Å². The molecule has 0 aliphatic heterocycles. The largest absolute Gasteiger partial charge is 0.490 e. The molecule has 0 heterocycles. The zero-order chi connectivity index (χ0) is 14.9. The minimum absolute atomic E-state index is 0.0951. The molecule has 4 heteroatoms. The molecule has 0 aliphatic carbocycles. The first-order valence-corrected chi connectivity index (χ1v) is 6.78. The summed E-state index contributed by atoms with van der Waals surface area (Å²) in [6.07, 6.45) is 0.571. The van der Waals surface area contributed by atoms with Crippen LogP contribution >= 0.6 is 0 Å². The van der Waals surface area contributed by atoms with Crippen LogP contribution < -0.4 is 9.47 Å². The van der Waals surface area contributed by atoms with Crippen LogP contribution in [-0.4, -0.2) is 24.9 Å². The molecule has 0 spiro atoms. The molecule has 0 aromatic heterocycles. The van der Waals surface area contributed by atoms with E-state index in [1.54, 1.807) is 24.3 Å². The van der Waals surface area contributed by atoms with Crippen molar-refractivity contribution in [3.05, 3.63) is 59.7 Å². The van der Waals surface area contributed by atoms with Crippen molar-refractivity contribution < 1.29 is 14.6 Å². The SMILES string of the molecule is N#Cc1cccc(OCCOc2ccccc2CCO)c1. The van der Waals surface area contributed by atoms with Gasteiger partial charge in [0.25, 0.3) is 0 Å². The number of nitriles is 1. The first-order valence-electron chi connectivity index (χ1n) is 6.78. The zero-order valence-corrected chi connectivity index (χ0v) is 11.7. The van der Waals surface area contributed by atoms with Crippen molar-refractivity contribution in [2.24, 2.45) is 0 Å². The average Bonchev–Trinajstić information content (AvgIpc) is 2.53. The van der Waals surface area contributed by atoms with E-state index in [4.69, 9.17) is 19.8 Å². The van der Waals surface area contributed by atoms with Gasteiger partial charge in [0.15, 0.2) is 0 Å². The number of hydrogen-bond acceptors (Lipinski definition) is 4. The summed E-state index contributed by atoms with van der Waals surface area (Å²) in [7, 11) is 0. The summed E-state index contributed by atoms with van der Waals surface area (Å²) in [5, 5.41) is 17.8. The molecule has 4 nitrogen and oxygen atoms in total. The summed E-state index contributed by atoms with van der Waals surface area (Å²) in [4.78, 5) is 0. The summed E-state index contributed by atoms with van der Waals surface area (Å²) in [6, 6.07) is 16.7. The van der Waals surface area contributed by atoms with Crippen LogP contribution in [0.15, 0.2) is 48.5 Å². The Morgan fingerprint density at radius 3 is 2.62 bits per heavy atom. The molecule has 0 unspecified atom stereocenters. The van der Waals surface area contributed by atoms with E-state index in [2.05, 4.69) is 6.07 Å². The molecule has 0 bridgehead atoms. The molecule has 2 aromatic rings. The molecule has 0 atom stereocenters. The summed E-state index contributed by atoms with van der Waals surface area (Å²) in [5.41, 5.74) is 1.55. The third kappa shape index (κ3) is 4.51. The maximum atomic E-state index is 9.01. The van der Waals surface area contributed by atoms with Crippen LogP contribution in [0.4, 0.5) is 0 Å². The van der Waals surface area contributed by atoms with Crippen molar-refractivity contribution >= 4 is 0 Å². The lowest BCUT2D eigenvalue weighted by atomic mass is 10.1. The fourth-order valence-corrected chi connectivity index (χ4v) is 1.94. The Bertz CT molecular complexity index is 619. The van der Waals surface area contributed by atoms with Crippen molar-refractivity contribution in [2.75, 3.05) is 19.8 Å². The van der Waals surface area contributed by atoms with Gasteiger partial charge in [-0.05, 0) is 36.2 Å². The van der Waals surface area contributed by atoms with E-state index < -0.39 is 0 Å². The van der Waals surface area contributed by atoms with Crippen molar-refractivity contribution in [1.29, 1.82) is 5.26 Å². The third-order valence-corrected chi connectivity index (χ3v) is 2.93. The Morgan fingerprint density at radius 1 is 1.00 bits per heavy atom. The van der Waals surface area contributed by atoms with Gasteiger partial charge in [-0.2, -0.15) is 5.26 Å². The highest BCUT2D eigenvalue weighted by Gasteiger charge is 2.02. The maximum Gasteiger partial charge on any atom is 0.122 e. The fourth-order valence-electron chi connectivity index (χ4n) is 1.94. The van der Waals surface area contributed by atoms with Crippen LogP contribution in [0.25, 0.3) is 0 Å². The summed E-state index contributed by atoms with van der Waals surface area (Å²) in [6.45, 7) is 0.888. The standard InChI is InChI=1S/C17H17NO3/c18-13-14-4-3-6-16(12-14)20-10-11-21-17-7-2-1-5-15(17)8-9-19/h1-7,12,19H,8-11H2. The smallest absolute Gasteiger partial charge is 0.122 e. The first-order chi connectivity index (χ1) is 10.3. The Morgan fingerprint density at radius 2 is 1.81 bits per heavy atom. The van der Waals surface area contributed by atoms with E-state index in [1.165, 1.54) is 0 Å². The first kappa shape index (κ1) is 14.9. The lowest BCUT2D eigenvalue weighted by Crippen LogP contribution is -2.10.